The normalized spacial score (nSPS) is 17.3. The predicted octanol–water partition coefficient (Wildman–Crippen LogP) is 2.28. The molecule has 2 aromatic rings. The molecule has 4 rings (SSSR count). The molecule has 0 fully saturated rings. The molecule has 0 amide bonds. The minimum atomic E-state index is -0.198. The molecule has 3 heterocycles. The summed E-state index contributed by atoms with van der Waals surface area (Å²) < 4.78 is 21.6. The molecule has 3 nitrogen and oxygen atoms in total. The average molecular weight is 283 g/mol. The number of hydrogen-bond acceptors (Lipinski definition) is 2. The molecule has 0 unspecified atom stereocenters. The van der Waals surface area contributed by atoms with Gasteiger partial charge in [0.25, 0.3) is 0 Å². The quantitative estimate of drug-likeness (QED) is 0.802. The third-order valence-electron chi connectivity index (χ3n) is 3.97. The third kappa shape index (κ3) is 1.82. The van der Waals surface area contributed by atoms with Crippen LogP contribution >= 0.6 is 12.4 Å². The largest absolute Gasteiger partial charge is 0.489 e. The number of nitrogens with zero attached hydrogens (tertiary/aromatic N) is 1. The second kappa shape index (κ2) is 4.69. The molecule has 1 aromatic carbocycles. The molecule has 0 bridgehead atoms. The first-order chi connectivity index (χ1) is 8.84. The van der Waals surface area contributed by atoms with Crippen LogP contribution in [0, 0.1) is 5.82 Å². The lowest BCUT2D eigenvalue weighted by molar-refractivity contribution is 0.283. The van der Waals surface area contributed by atoms with Crippen molar-refractivity contribution in [2.24, 2.45) is 0 Å². The summed E-state index contributed by atoms with van der Waals surface area (Å²) in [5.74, 6) is 0.508. The first kappa shape index (κ1) is 12.8. The van der Waals surface area contributed by atoms with Crippen molar-refractivity contribution in [3.63, 3.8) is 0 Å². The average Bonchev–Trinajstić information content (AvgIpc) is 2.55. The van der Waals surface area contributed by atoms with Crippen molar-refractivity contribution >= 4 is 23.3 Å². The van der Waals surface area contributed by atoms with Crippen LogP contribution in [0.4, 0.5) is 4.39 Å². The van der Waals surface area contributed by atoms with Crippen LogP contribution in [0.15, 0.2) is 12.1 Å². The number of benzene rings is 1. The zero-order chi connectivity index (χ0) is 12.1. The van der Waals surface area contributed by atoms with Crippen molar-refractivity contribution in [2.45, 2.75) is 19.4 Å². The molecule has 1 N–H and O–H groups in total. The molecule has 0 aliphatic carbocycles. The van der Waals surface area contributed by atoms with Gasteiger partial charge in [-0.3, -0.25) is 0 Å². The van der Waals surface area contributed by atoms with E-state index < -0.39 is 0 Å². The number of fused-ring (bicyclic) bond motifs is 3. The van der Waals surface area contributed by atoms with E-state index in [9.17, 15) is 4.39 Å². The highest BCUT2D eigenvalue weighted by Crippen LogP contribution is 2.37. The maximum Gasteiger partial charge on any atom is 0.146 e. The number of nitrogens with one attached hydrogen (secondary N) is 1. The number of aromatic nitrogens is 1. The standard InChI is InChI=1S/C14H15FN2O.ClH/c15-9-7-11-10-1-3-16-4-2-12(10)17-5-6-18-13(8-9)14(11)17;/h7-8,16H,1-6H2;1H. The first-order valence-electron chi connectivity index (χ1n) is 6.51. The Morgan fingerprint density at radius 3 is 2.95 bits per heavy atom. The predicted molar refractivity (Wildman–Crippen MR) is 74.9 cm³/mol. The Hall–Kier alpha value is -1.26. The van der Waals surface area contributed by atoms with E-state index in [-0.39, 0.29) is 18.2 Å². The fourth-order valence-corrected chi connectivity index (χ4v) is 3.25. The summed E-state index contributed by atoms with van der Waals surface area (Å²) in [7, 11) is 0. The van der Waals surface area contributed by atoms with E-state index in [4.69, 9.17) is 4.74 Å². The summed E-state index contributed by atoms with van der Waals surface area (Å²) in [5, 5.41) is 4.45. The van der Waals surface area contributed by atoms with Crippen LogP contribution in [0.3, 0.4) is 0 Å². The van der Waals surface area contributed by atoms with Crippen molar-refractivity contribution in [3.05, 3.63) is 29.2 Å². The third-order valence-corrected chi connectivity index (χ3v) is 3.97. The summed E-state index contributed by atoms with van der Waals surface area (Å²) in [4.78, 5) is 0. The molecule has 0 saturated heterocycles. The summed E-state index contributed by atoms with van der Waals surface area (Å²) in [6.07, 6.45) is 1.99. The van der Waals surface area contributed by atoms with Crippen LogP contribution in [0.25, 0.3) is 10.9 Å². The van der Waals surface area contributed by atoms with Crippen molar-refractivity contribution in [2.75, 3.05) is 19.7 Å². The van der Waals surface area contributed by atoms with Crippen LogP contribution in [-0.4, -0.2) is 24.3 Å². The molecule has 5 heteroatoms. The summed E-state index contributed by atoms with van der Waals surface area (Å²) in [5.41, 5.74) is 3.76. The second-order valence-corrected chi connectivity index (χ2v) is 4.98. The van der Waals surface area contributed by atoms with Gasteiger partial charge in [0.15, 0.2) is 0 Å². The zero-order valence-electron chi connectivity index (χ0n) is 10.5. The Kier molecular flexibility index (Phi) is 3.15. The van der Waals surface area contributed by atoms with Gasteiger partial charge in [-0.05, 0) is 24.6 Å². The monoisotopic (exact) mass is 282 g/mol. The minimum Gasteiger partial charge on any atom is -0.489 e. The Labute approximate surface area is 117 Å². The minimum absolute atomic E-state index is 0. The van der Waals surface area contributed by atoms with E-state index in [1.807, 2.05) is 0 Å². The molecule has 2 aliphatic heterocycles. The topological polar surface area (TPSA) is 26.2 Å². The summed E-state index contributed by atoms with van der Waals surface area (Å²) in [6.45, 7) is 3.49. The van der Waals surface area contributed by atoms with Crippen LogP contribution in [0.1, 0.15) is 11.3 Å². The van der Waals surface area contributed by atoms with Crippen LogP contribution in [0.5, 0.6) is 5.75 Å². The molecule has 0 spiro atoms. The van der Waals surface area contributed by atoms with Gasteiger partial charge < -0.3 is 14.6 Å². The second-order valence-electron chi connectivity index (χ2n) is 4.98. The fraction of sp³-hybridized carbons (Fsp3) is 0.429. The van der Waals surface area contributed by atoms with E-state index >= 15 is 0 Å². The van der Waals surface area contributed by atoms with Gasteiger partial charge in [-0.1, -0.05) is 0 Å². The smallest absolute Gasteiger partial charge is 0.146 e. The molecule has 0 saturated carbocycles. The molecular formula is C14H16ClFN2O. The number of halogens is 2. The van der Waals surface area contributed by atoms with E-state index in [1.54, 1.807) is 6.07 Å². The van der Waals surface area contributed by atoms with Gasteiger partial charge in [0.2, 0.25) is 0 Å². The molecule has 2 aliphatic rings. The van der Waals surface area contributed by atoms with E-state index in [0.29, 0.717) is 12.4 Å². The van der Waals surface area contributed by atoms with Gasteiger partial charge in [0.1, 0.15) is 18.2 Å². The highest BCUT2D eigenvalue weighted by Gasteiger charge is 2.24. The van der Waals surface area contributed by atoms with Crippen LogP contribution in [0.2, 0.25) is 0 Å². The van der Waals surface area contributed by atoms with Crippen molar-refractivity contribution in [1.82, 2.24) is 9.88 Å². The molecular weight excluding hydrogens is 267 g/mol. The Morgan fingerprint density at radius 1 is 1.21 bits per heavy atom. The van der Waals surface area contributed by atoms with Crippen molar-refractivity contribution in [1.29, 1.82) is 0 Å². The summed E-state index contributed by atoms with van der Waals surface area (Å²) in [6, 6.07) is 3.17. The highest BCUT2D eigenvalue weighted by atomic mass is 35.5. The molecule has 1 aromatic heterocycles. The maximum atomic E-state index is 13.7. The number of rotatable bonds is 0. The van der Waals surface area contributed by atoms with Crippen molar-refractivity contribution < 1.29 is 9.13 Å². The van der Waals surface area contributed by atoms with E-state index in [1.165, 1.54) is 17.3 Å². The van der Waals surface area contributed by atoms with Gasteiger partial charge >= 0.3 is 0 Å². The van der Waals surface area contributed by atoms with Gasteiger partial charge in [0.05, 0.1) is 12.1 Å². The Morgan fingerprint density at radius 2 is 2.05 bits per heavy atom. The molecule has 0 atom stereocenters. The zero-order valence-corrected chi connectivity index (χ0v) is 11.4. The lowest BCUT2D eigenvalue weighted by atomic mass is 10.1. The van der Waals surface area contributed by atoms with E-state index in [0.717, 1.165) is 43.4 Å². The maximum absolute atomic E-state index is 13.7. The van der Waals surface area contributed by atoms with Gasteiger partial charge in [-0.25, -0.2) is 4.39 Å². The van der Waals surface area contributed by atoms with Crippen molar-refractivity contribution in [3.8, 4) is 5.75 Å². The van der Waals surface area contributed by atoms with Crippen LogP contribution in [-0.2, 0) is 19.4 Å². The number of hydrogen-bond donors (Lipinski definition) is 1. The number of ether oxygens (including phenoxy) is 1. The summed E-state index contributed by atoms with van der Waals surface area (Å²) >= 11 is 0. The van der Waals surface area contributed by atoms with E-state index in [2.05, 4.69) is 9.88 Å². The molecule has 102 valence electrons. The van der Waals surface area contributed by atoms with Gasteiger partial charge in [-0.2, -0.15) is 0 Å². The van der Waals surface area contributed by atoms with Gasteiger partial charge in [-0.15, -0.1) is 12.4 Å². The lowest BCUT2D eigenvalue weighted by Crippen LogP contribution is -2.19. The highest BCUT2D eigenvalue weighted by molar-refractivity contribution is 5.91. The Balaban J connectivity index is 0.00000110. The Bertz CT molecular complexity index is 638. The SMILES string of the molecule is Cl.Fc1cc2c3c(c1)c1c(n3CCO2)CCNCC1. The van der Waals surface area contributed by atoms with Crippen LogP contribution < -0.4 is 10.1 Å². The molecule has 19 heavy (non-hydrogen) atoms. The fourth-order valence-electron chi connectivity index (χ4n) is 3.25. The lowest BCUT2D eigenvalue weighted by Gasteiger charge is -2.19. The first-order valence-corrected chi connectivity index (χ1v) is 6.51. The van der Waals surface area contributed by atoms with Gasteiger partial charge in [0, 0.05) is 30.1 Å². The molecule has 0 radical (unpaired) electrons.